The van der Waals surface area contributed by atoms with Crippen LogP contribution in [0.1, 0.15) is 26.2 Å². The third-order valence-electron chi connectivity index (χ3n) is 4.30. The molecule has 0 aromatic carbocycles. The molecule has 2 aliphatic rings. The summed E-state index contributed by atoms with van der Waals surface area (Å²) >= 11 is 0. The zero-order valence-electron chi connectivity index (χ0n) is 11.3. The molecule has 1 amide bonds. The average Bonchev–Trinajstić information content (AvgIpc) is 2.37. The first kappa shape index (κ1) is 13.3. The Bertz CT molecular complexity index is 331. The van der Waals surface area contributed by atoms with Crippen molar-refractivity contribution in [3.05, 3.63) is 0 Å². The molecule has 0 spiro atoms. The van der Waals surface area contributed by atoms with Crippen LogP contribution in [-0.2, 0) is 14.3 Å². The maximum absolute atomic E-state index is 12.5. The molecule has 5 heteroatoms. The summed E-state index contributed by atoms with van der Waals surface area (Å²) in [6, 6.07) is 0. The molecule has 5 nitrogen and oxygen atoms in total. The van der Waals surface area contributed by atoms with Gasteiger partial charge in [-0.25, -0.2) is 0 Å². The molecular formula is C13H22N2O3. The van der Waals surface area contributed by atoms with E-state index < -0.39 is 5.41 Å². The fourth-order valence-electron chi connectivity index (χ4n) is 2.80. The van der Waals surface area contributed by atoms with Crippen molar-refractivity contribution in [2.75, 3.05) is 39.8 Å². The summed E-state index contributed by atoms with van der Waals surface area (Å²) in [7, 11) is 1.37. The van der Waals surface area contributed by atoms with Crippen LogP contribution < -0.4 is 0 Å². The summed E-state index contributed by atoms with van der Waals surface area (Å²) in [5.41, 5.74) is -0.858. The zero-order valence-corrected chi connectivity index (χ0v) is 11.3. The minimum atomic E-state index is -0.858. The molecule has 1 saturated heterocycles. The van der Waals surface area contributed by atoms with E-state index in [0.29, 0.717) is 12.8 Å². The summed E-state index contributed by atoms with van der Waals surface area (Å²) in [6.07, 6.45) is 2.23. The lowest BCUT2D eigenvalue weighted by Crippen LogP contribution is -2.57. The van der Waals surface area contributed by atoms with Gasteiger partial charge in [0.25, 0.3) is 0 Å². The second-order valence-electron chi connectivity index (χ2n) is 5.15. The monoisotopic (exact) mass is 254 g/mol. The van der Waals surface area contributed by atoms with Crippen molar-refractivity contribution in [2.24, 2.45) is 5.41 Å². The van der Waals surface area contributed by atoms with Crippen LogP contribution >= 0.6 is 0 Å². The number of piperazine rings is 1. The number of amides is 1. The van der Waals surface area contributed by atoms with Crippen molar-refractivity contribution in [1.29, 1.82) is 0 Å². The third-order valence-corrected chi connectivity index (χ3v) is 4.30. The molecule has 0 radical (unpaired) electrons. The van der Waals surface area contributed by atoms with Gasteiger partial charge < -0.3 is 14.5 Å². The van der Waals surface area contributed by atoms with Crippen LogP contribution in [0.2, 0.25) is 0 Å². The minimum absolute atomic E-state index is 0.0173. The summed E-state index contributed by atoms with van der Waals surface area (Å²) in [4.78, 5) is 28.5. The second kappa shape index (κ2) is 5.26. The summed E-state index contributed by atoms with van der Waals surface area (Å²) in [5.74, 6) is -0.368. The lowest BCUT2D eigenvalue weighted by atomic mass is 9.67. The van der Waals surface area contributed by atoms with Gasteiger partial charge in [0.05, 0.1) is 7.11 Å². The number of rotatable bonds is 3. The van der Waals surface area contributed by atoms with Gasteiger partial charge in [-0.05, 0) is 19.4 Å². The smallest absolute Gasteiger partial charge is 0.321 e. The molecule has 102 valence electrons. The maximum atomic E-state index is 12.5. The van der Waals surface area contributed by atoms with E-state index in [4.69, 9.17) is 4.74 Å². The van der Waals surface area contributed by atoms with Crippen molar-refractivity contribution in [3.8, 4) is 0 Å². The van der Waals surface area contributed by atoms with Crippen molar-refractivity contribution >= 4 is 11.9 Å². The second-order valence-corrected chi connectivity index (χ2v) is 5.15. The third kappa shape index (κ3) is 2.11. The van der Waals surface area contributed by atoms with Gasteiger partial charge in [0.1, 0.15) is 5.41 Å². The molecule has 1 heterocycles. The minimum Gasteiger partial charge on any atom is -0.468 e. The SMILES string of the molecule is CCN1CCN(C(=O)C2(C(=O)OC)CCC2)CC1. The maximum Gasteiger partial charge on any atom is 0.321 e. The number of ether oxygens (including phenoxy) is 1. The Morgan fingerprint density at radius 1 is 1.17 bits per heavy atom. The summed E-state index contributed by atoms with van der Waals surface area (Å²) in [5, 5.41) is 0. The van der Waals surface area contributed by atoms with E-state index in [-0.39, 0.29) is 11.9 Å². The van der Waals surface area contributed by atoms with E-state index in [1.807, 2.05) is 4.90 Å². The number of hydrogen-bond acceptors (Lipinski definition) is 4. The van der Waals surface area contributed by atoms with Gasteiger partial charge in [0.15, 0.2) is 0 Å². The zero-order chi connectivity index (χ0) is 13.2. The Balaban J connectivity index is 2.00. The van der Waals surface area contributed by atoms with E-state index in [1.54, 1.807) is 0 Å². The Hall–Kier alpha value is -1.10. The Morgan fingerprint density at radius 3 is 2.17 bits per heavy atom. The number of carbonyl (C=O) groups is 2. The van der Waals surface area contributed by atoms with Gasteiger partial charge in [0.2, 0.25) is 5.91 Å². The molecule has 2 fully saturated rings. The molecule has 0 unspecified atom stereocenters. The van der Waals surface area contributed by atoms with Gasteiger partial charge >= 0.3 is 5.97 Å². The van der Waals surface area contributed by atoms with E-state index in [1.165, 1.54) is 7.11 Å². The first-order valence-electron chi connectivity index (χ1n) is 6.74. The molecule has 0 atom stereocenters. The highest BCUT2D eigenvalue weighted by atomic mass is 16.5. The standard InChI is InChI=1S/C13H22N2O3/c1-3-14-7-9-15(10-8-14)11(16)13(5-4-6-13)12(17)18-2/h3-10H2,1-2H3. The van der Waals surface area contributed by atoms with Gasteiger partial charge in [-0.3, -0.25) is 9.59 Å². The fraction of sp³-hybridized carbons (Fsp3) is 0.846. The van der Waals surface area contributed by atoms with Crippen molar-refractivity contribution in [2.45, 2.75) is 26.2 Å². The van der Waals surface area contributed by atoms with Crippen LogP contribution in [0, 0.1) is 5.41 Å². The van der Waals surface area contributed by atoms with Gasteiger partial charge in [-0.1, -0.05) is 13.3 Å². The lowest BCUT2D eigenvalue weighted by Gasteiger charge is -2.43. The Morgan fingerprint density at radius 2 is 1.78 bits per heavy atom. The van der Waals surface area contributed by atoms with E-state index in [2.05, 4.69) is 11.8 Å². The van der Waals surface area contributed by atoms with Crippen molar-refractivity contribution in [1.82, 2.24) is 9.80 Å². The summed E-state index contributed by atoms with van der Waals surface area (Å²) in [6.45, 7) is 6.40. The lowest BCUT2D eigenvalue weighted by molar-refractivity contribution is -0.170. The Labute approximate surface area is 108 Å². The van der Waals surface area contributed by atoms with Crippen LogP contribution in [0.25, 0.3) is 0 Å². The number of likely N-dealkylation sites (N-methyl/N-ethyl adjacent to an activating group) is 1. The van der Waals surface area contributed by atoms with Crippen LogP contribution in [0.5, 0.6) is 0 Å². The molecule has 0 aromatic heterocycles. The van der Waals surface area contributed by atoms with E-state index in [0.717, 1.165) is 39.1 Å². The molecule has 0 N–H and O–H groups in total. The van der Waals surface area contributed by atoms with E-state index in [9.17, 15) is 9.59 Å². The van der Waals surface area contributed by atoms with Crippen LogP contribution in [-0.4, -0.2) is 61.5 Å². The van der Waals surface area contributed by atoms with E-state index >= 15 is 0 Å². The molecule has 1 aliphatic carbocycles. The molecule has 18 heavy (non-hydrogen) atoms. The summed E-state index contributed by atoms with van der Waals surface area (Å²) < 4.78 is 4.81. The average molecular weight is 254 g/mol. The molecule has 2 rings (SSSR count). The predicted molar refractivity (Wildman–Crippen MR) is 67.0 cm³/mol. The van der Waals surface area contributed by atoms with Gasteiger partial charge in [-0.2, -0.15) is 0 Å². The quantitative estimate of drug-likeness (QED) is 0.543. The number of carbonyl (C=O) groups excluding carboxylic acids is 2. The highest BCUT2D eigenvalue weighted by Gasteiger charge is 2.53. The van der Waals surface area contributed by atoms with Crippen LogP contribution in [0.4, 0.5) is 0 Å². The van der Waals surface area contributed by atoms with Gasteiger partial charge in [0, 0.05) is 26.2 Å². The molecule has 0 bridgehead atoms. The largest absolute Gasteiger partial charge is 0.468 e. The first-order valence-corrected chi connectivity index (χ1v) is 6.74. The van der Waals surface area contributed by atoms with Gasteiger partial charge in [-0.15, -0.1) is 0 Å². The van der Waals surface area contributed by atoms with Crippen LogP contribution in [0.15, 0.2) is 0 Å². The molecule has 0 aromatic rings. The highest BCUT2D eigenvalue weighted by molar-refractivity contribution is 6.03. The Kier molecular flexibility index (Phi) is 3.90. The molecule has 1 saturated carbocycles. The fourth-order valence-corrected chi connectivity index (χ4v) is 2.80. The van der Waals surface area contributed by atoms with Crippen molar-refractivity contribution in [3.63, 3.8) is 0 Å². The highest BCUT2D eigenvalue weighted by Crippen LogP contribution is 2.43. The normalized spacial score (nSPS) is 23.3. The molecule has 1 aliphatic heterocycles. The number of esters is 1. The van der Waals surface area contributed by atoms with Crippen LogP contribution in [0.3, 0.4) is 0 Å². The van der Waals surface area contributed by atoms with Crippen molar-refractivity contribution < 1.29 is 14.3 Å². The topological polar surface area (TPSA) is 49.9 Å². The number of methoxy groups -OCH3 is 1. The number of hydrogen-bond donors (Lipinski definition) is 0. The number of nitrogens with zero attached hydrogens (tertiary/aromatic N) is 2. The molecular weight excluding hydrogens is 232 g/mol. The predicted octanol–water partition coefficient (Wildman–Crippen LogP) is 0.494. The first-order chi connectivity index (χ1) is 8.64.